The number of anilines is 1. The highest BCUT2D eigenvalue weighted by Gasteiger charge is 2.32. The van der Waals surface area contributed by atoms with E-state index in [1.54, 1.807) is 0 Å². The molecule has 0 aliphatic rings. The van der Waals surface area contributed by atoms with Crippen LogP contribution in [0.25, 0.3) is 0 Å². The van der Waals surface area contributed by atoms with Crippen LogP contribution in [0.3, 0.4) is 0 Å². The first-order valence-electron chi connectivity index (χ1n) is 5.51. The lowest BCUT2D eigenvalue weighted by Gasteiger charge is -2.09. The van der Waals surface area contributed by atoms with Gasteiger partial charge in [-0.25, -0.2) is 4.98 Å². The highest BCUT2D eigenvalue weighted by molar-refractivity contribution is 5.35. The van der Waals surface area contributed by atoms with Crippen LogP contribution in [0.4, 0.5) is 19.0 Å². The maximum atomic E-state index is 12.4. The number of halogens is 3. The van der Waals surface area contributed by atoms with Gasteiger partial charge in [0.1, 0.15) is 11.5 Å². The van der Waals surface area contributed by atoms with Crippen LogP contribution < -0.4 is 5.32 Å². The van der Waals surface area contributed by atoms with Crippen LogP contribution in [0.1, 0.15) is 12.1 Å². The van der Waals surface area contributed by atoms with Crippen molar-refractivity contribution in [1.29, 1.82) is 0 Å². The van der Waals surface area contributed by atoms with Gasteiger partial charge in [-0.3, -0.25) is 0 Å². The summed E-state index contributed by atoms with van der Waals surface area (Å²) in [5.41, 5.74) is -0.913. The van der Waals surface area contributed by atoms with E-state index < -0.39 is 11.9 Å². The van der Waals surface area contributed by atoms with E-state index in [-0.39, 0.29) is 19.0 Å². The highest BCUT2D eigenvalue weighted by atomic mass is 19.4. The normalized spacial score (nSPS) is 11.6. The second-order valence-corrected chi connectivity index (χ2v) is 3.52. The number of hydrogen-bond acceptors (Lipinski definition) is 4. The largest absolute Gasteiger partial charge is 0.433 e. The summed E-state index contributed by atoms with van der Waals surface area (Å²) in [5.74, 6) is 0.187. The van der Waals surface area contributed by atoms with Crippen molar-refractivity contribution in [3.05, 3.63) is 23.9 Å². The first-order valence-corrected chi connectivity index (χ1v) is 5.51. The Labute approximate surface area is 103 Å². The maximum Gasteiger partial charge on any atom is 0.433 e. The molecule has 1 aromatic rings. The standard InChI is InChI=1S/C11H15F3N2O2/c12-11(13,14)9-3-1-4-10(16-9)15-5-2-7-18-8-6-17/h1,3-4,17H,2,5-8H2,(H,15,16). The smallest absolute Gasteiger partial charge is 0.394 e. The topological polar surface area (TPSA) is 54.4 Å². The monoisotopic (exact) mass is 264 g/mol. The van der Waals surface area contributed by atoms with Crippen LogP contribution in [0.2, 0.25) is 0 Å². The third-order valence-electron chi connectivity index (χ3n) is 2.05. The molecule has 18 heavy (non-hydrogen) atoms. The molecule has 4 nitrogen and oxygen atoms in total. The molecule has 1 aromatic heterocycles. The Hall–Kier alpha value is -1.34. The number of aliphatic hydroxyl groups excluding tert-OH is 1. The quantitative estimate of drug-likeness (QED) is 0.739. The van der Waals surface area contributed by atoms with Crippen molar-refractivity contribution in [2.24, 2.45) is 0 Å². The third-order valence-corrected chi connectivity index (χ3v) is 2.05. The molecule has 0 saturated carbocycles. The van der Waals surface area contributed by atoms with Crippen molar-refractivity contribution in [3.63, 3.8) is 0 Å². The number of aromatic nitrogens is 1. The lowest BCUT2D eigenvalue weighted by molar-refractivity contribution is -0.141. The molecular formula is C11H15F3N2O2. The number of nitrogens with zero attached hydrogens (tertiary/aromatic N) is 1. The summed E-state index contributed by atoms with van der Waals surface area (Å²) in [6, 6.07) is 3.71. The Kier molecular flexibility index (Phi) is 5.87. The lowest BCUT2D eigenvalue weighted by atomic mass is 10.3. The van der Waals surface area contributed by atoms with Gasteiger partial charge < -0.3 is 15.2 Å². The van der Waals surface area contributed by atoms with Crippen molar-refractivity contribution < 1.29 is 23.0 Å². The maximum absolute atomic E-state index is 12.4. The Balaban J connectivity index is 2.34. The molecule has 0 aliphatic carbocycles. The van der Waals surface area contributed by atoms with E-state index >= 15 is 0 Å². The molecule has 0 spiro atoms. The zero-order valence-electron chi connectivity index (χ0n) is 9.70. The number of hydrogen-bond donors (Lipinski definition) is 2. The number of ether oxygens (including phenoxy) is 1. The van der Waals surface area contributed by atoms with Gasteiger partial charge in [0.25, 0.3) is 0 Å². The minimum absolute atomic E-state index is 0.0391. The molecule has 0 saturated heterocycles. The zero-order valence-corrected chi connectivity index (χ0v) is 9.70. The SMILES string of the molecule is OCCOCCCNc1cccc(C(F)(F)F)n1. The molecule has 0 amide bonds. The molecule has 7 heteroatoms. The predicted octanol–water partition coefficient (Wildman–Crippen LogP) is 1.91. The van der Waals surface area contributed by atoms with E-state index in [1.807, 2.05) is 0 Å². The minimum Gasteiger partial charge on any atom is -0.394 e. The van der Waals surface area contributed by atoms with E-state index in [2.05, 4.69) is 10.3 Å². The molecule has 0 radical (unpaired) electrons. The average molecular weight is 264 g/mol. The van der Waals surface area contributed by atoms with Gasteiger partial charge in [0, 0.05) is 13.2 Å². The van der Waals surface area contributed by atoms with Crippen molar-refractivity contribution in [1.82, 2.24) is 4.98 Å². The Morgan fingerprint density at radius 3 is 2.72 bits per heavy atom. The van der Waals surface area contributed by atoms with E-state index in [9.17, 15) is 13.2 Å². The van der Waals surface area contributed by atoms with Crippen LogP contribution in [-0.2, 0) is 10.9 Å². The number of aliphatic hydroxyl groups is 1. The molecule has 0 aliphatic heterocycles. The van der Waals surface area contributed by atoms with Crippen molar-refractivity contribution >= 4 is 5.82 Å². The van der Waals surface area contributed by atoms with Crippen molar-refractivity contribution in [2.75, 3.05) is 31.7 Å². The average Bonchev–Trinajstić information content (AvgIpc) is 2.33. The fourth-order valence-electron chi connectivity index (χ4n) is 1.25. The molecular weight excluding hydrogens is 249 g/mol. The van der Waals surface area contributed by atoms with Gasteiger partial charge >= 0.3 is 6.18 Å². The van der Waals surface area contributed by atoms with E-state index in [1.165, 1.54) is 12.1 Å². The second kappa shape index (κ2) is 7.17. The van der Waals surface area contributed by atoms with Crippen molar-refractivity contribution in [3.8, 4) is 0 Å². The van der Waals surface area contributed by atoms with Gasteiger partial charge in [0.2, 0.25) is 0 Å². The molecule has 0 atom stereocenters. The fourth-order valence-corrected chi connectivity index (χ4v) is 1.25. The third kappa shape index (κ3) is 5.33. The molecule has 1 heterocycles. The summed E-state index contributed by atoms with van der Waals surface area (Å²) < 4.78 is 42.1. The van der Waals surface area contributed by atoms with Crippen LogP contribution in [0, 0.1) is 0 Å². The van der Waals surface area contributed by atoms with E-state index in [0.717, 1.165) is 6.07 Å². The Bertz CT molecular complexity index is 358. The summed E-state index contributed by atoms with van der Waals surface area (Å²) in [7, 11) is 0. The number of alkyl halides is 3. The van der Waals surface area contributed by atoms with E-state index in [0.29, 0.717) is 19.6 Å². The van der Waals surface area contributed by atoms with Crippen LogP contribution in [0.15, 0.2) is 18.2 Å². The number of rotatable bonds is 7. The summed E-state index contributed by atoms with van der Waals surface area (Å²) >= 11 is 0. The highest BCUT2D eigenvalue weighted by Crippen LogP contribution is 2.27. The summed E-state index contributed by atoms with van der Waals surface area (Å²) in [6.07, 6.45) is -3.81. The Morgan fingerprint density at radius 2 is 2.06 bits per heavy atom. The van der Waals surface area contributed by atoms with Gasteiger partial charge in [-0.15, -0.1) is 0 Å². The summed E-state index contributed by atoms with van der Waals surface area (Å²) in [5, 5.41) is 11.2. The molecule has 2 N–H and O–H groups in total. The van der Waals surface area contributed by atoms with E-state index in [4.69, 9.17) is 9.84 Å². The minimum atomic E-state index is -4.43. The molecule has 0 unspecified atom stereocenters. The van der Waals surface area contributed by atoms with Crippen LogP contribution >= 0.6 is 0 Å². The number of pyridine rings is 1. The Morgan fingerprint density at radius 1 is 1.28 bits per heavy atom. The van der Waals surface area contributed by atoms with Gasteiger partial charge in [-0.2, -0.15) is 13.2 Å². The molecule has 102 valence electrons. The molecule has 0 fully saturated rings. The predicted molar refractivity (Wildman–Crippen MR) is 60.3 cm³/mol. The molecule has 1 rings (SSSR count). The molecule has 0 bridgehead atoms. The van der Waals surface area contributed by atoms with Gasteiger partial charge in [-0.1, -0.05) is 6.07 Å². The summed E-state index contributed by atoms with van der Waals surface area (Å²) in [4.78, 5) is 3.46. The van der Waals surface area contributed by atoms with Gasteiger partial charge in [0.15, 0.2) is 0 Å². The number of nitrogens with one attached hydrogen (secondary N) is 1. The van der Waals surface area contributed by atoms with Crippen molar-refractivity contribution in [2.45, 2.75) is 12.6 Å². The first kappa shape index (κ1) is 14.7. The summed E-state index contributed by atoms with van der Waals surface area (Å²) in [6.45, 7) is 1.12. The lowest BCUT2D eigenvalue weighted by Crippen LogP contribution is -2.12. The van der Waals surface area contributed by atoms with Crippen LogP contribution in [0.5, 0.6) is 0 Å². The second-order valence-electron chi connectivity index (χ2n) is 3.52. The first-order chi connectivity index (χ1) is 8.54. The van der Waals surface area contributed by atoms with Crippen LogP contribution in [-0.4, -0.2) is 36.5 Å². The zero-order chi connectivity index (χ0) is 13.4. The fraction of sp³-hybridized carbons (Fsp3) is 0.545. The molecule has 0 aromatic carbocycles. The van der Waals surface area contributed by atoms with Gasteiger partial charge in [-0.05, 0) is 18.6 Å². The van der Waals surface area contributed by atoms with Gasteiger partial charge in [0.05, 0.1) is 13.2 Å².